The lowest BCUT2D eigenvalue weighted by Crippen LogP contribution is -2.48. The molecule has 1 heterocycles. The highest BCUT2D eigenvalue weighted by Gasteiger charge is 2.27. The minimum atomic E-state index is -0.438. The number of amides is 2. The van der Waals surface area contributed by atoms with Crippen LogP contribution in [0.3, 0.4) is 0 Å². The van der Waals surface area contributed by atoms with E-state index in [-0.39, 0.29) is 17.9 Å². The number of carbonyl (C=O) groups is 2. The Morgan fingerprint density at radius 3 is 2.68 bits per heavy atom. The summed E-state index contributed by atoms with van der Waals surface area (Å²) in [6.45, 7) is 4.90. The van der Waals surface area contributed by atoms with Gasteiger partial charge >= 0.3 is 0 Å². The predicted octanol–water partition coefficient (Wildman–Crippen LogP) is 0.548. The molecule has 19 heavy (non-hydrogen) atoms. The van der Waals surface area contributed by atoms with Crippen molar-refractivity contribution in [1.29, 1.82) is 0 Å². The maximum Gasteiger partial charge on any atom is 0.242 e. The van der Waals surface area contributed by atoms with E-state index >= 15 is 0 Å². The molecule has 5 nitrogen and oxygen atoms in total. The van der Waals surface area contributed by atoms with Gasteiger partial charge in [-0.3, -0.25) is 9.59 Å². The lowest BCUT2D eigenvalue weighted by molar-refractivity contribution is -0.129. The van der Waals surface area contributed by atoms with Gasteiger partial charge in [-0.25, -0.2) is 0 Å². The van der Waals surface area contributed by atoms with Gasteiger partial charge in [-0.1, -0.05) is 6.92 Å². The Balaban J connectivity index is 1.71. The second-order valence-corrected chi connectivity index (χ2v) is 5.96. The Kier molecular flexibility index (Phi) is 4.80. The molecule has 1 aliphatic carbocycles. The summed E-state index contributed by atoms with van der Waals surface area (Å²) in [5.74, 6) is 0.417. The molecule has 0 aromatic heterocycles. The minimum Gasteiger partial charge on any atom is -0.352 e. The van der Waals surface area contributed by atoms with Crippen LogP contribution in [-0.2, 0) is 9.59 Å². The van der Waals surface area contributed by atoms with Crippen molar-refractivity contribution in [2.75, 3.05) is 6.54 Å². The Hall–Kier alpha value is -1.10. The van der Waals surface area contributed by atoms with E-state index < -0.39 is 6.04 Å². The van der Waals surface area contributed by atoms with Crippen LogP contribution in [0, 0.1) is 5.92 Å². The molecule has 0 aromatic rings. The average molecular weight is 267 g/mol. The van der Waals surface area contributed by atoms with Crippen LogP contribution in [-0.4, -0.2) is 36.5 Å². The summed E-state index contributed by atoms with van der Waals surface area (Å²) in [7, 11) is 0. The van der Waals surface area contributed by atoms with E-state index in [0.29, 0.717) is 18.4 Å². The monoisotopic (exact) mass is 267 g/mol. The van der Waals surface area contributed by atoms with E-state index in [4.69, 9.17) is 0 Å². The van der Waals surface area contributed by atoms with Gasteiger partial charge in [0.15, 0.2) is 0 Å². The van der Waals surface area contributed by atoms with Crippen LogP contribution in [0.25, 0.3) is 0 Å². The number of hydrogen-bond donors (Lipinski definition) is 3. The van der Waals surface area contributed by atoms with Crippen molar-refractivity contribution in [2.45, 2.75) is 64.1 Å². The predicted molar refractivity (Wildman–Crippen MR) is 73.6 cm³/mol. The molecule has 0 spiro atoms. The van der Waals surface area contributed by atoms with Gasteiger partial charge in [0.2, 0.25) is 11.8 Å². The van der Waals surface area contributed by atoms with Crippen molar-refractivity contribution in [3.05, 3.63) is 0 Å². The summed E-state index contributed by atoms with van der Waals surface area (Å²) >= 11 is 0. The molecule has 0 aromatic carbocycles. The normalized spacial score (nSPS) is 28.5. The molecular formula is C14H25N3O2. The summed E-state index contributed by atoms with van der Waals surface area (Å²) < 4.78 is 0. The standard InChI is InChI=1S/C14H25N3O2/c1-9-4-3-7-15-12(9)8-13(18)16-10(2)14(19)17-11-5-6-11/h9-12,15H,3-8H2,1-2H3,(H,16,18)(H,17,19). The van der Waals surface area contributed by atoms with E-state index in [0.717, 1.165) is 19.4 Å². The van der Waals surface area contributed by atoms with Gasteiger partial charge < -0.3 is 16.0 Å². The summed E-state index contributed by atoms with van der Waals surface area (Å²) in [5.41, 5.74) is 0. The molecule has 2 rings (SSSR count). The quantitative estimate of drug-likeness (QED) is 0.681. The van der Waals surface area contributed by atoms with E-state index in [1.54, 1.807) is 6.92 Å². The number of carbonyl (C=O) groups excluding carboxylic acids is 2. The second kappa shape index (κ2) is 6.37. The summed E-state index contributed by atoms with van der Waals surface area (Å²) in [4.78, 5) is 23.7. The Morgan fingerprint density at radius 2 is 2.05 bits per heavy atom. The van der Waals surface area contributed by atoms with Gasteiger partial charge in [-0.2, -0.15) is 0 Å². The average Bonchev–Trinajstić information content (AvgIpc) is 3.16. The maximum atomic E-state index is 11.9. The Bertz CT molecular complexity index is 342. The van der Waals surface area contributed by atoms with Crippen molar-refractivity contribution in [2.24, 2.45) is 5.92 Å². The smallest absolute Gasteiger partial charge is 0.242 e. The van der Waals surface area contributed by atoms with Gasteiger partial charge in [0.05, 0.1) is 0 Å². The third-order valence-corrected chi connectivity index (χ3v) is 4.03. The highest BCUT2D eigenvalue weighted by Crippen LogP contribution is 2.19. The SMILES string of the molecule is CC(NC(=O)CC1NCCCC1C)C(=O)NC1CC1. The molecule has 5 heteroatoms. The zero-order valence-corrected chi connectivity index (χ0v) is 11.9. The molecule has 2 fully saturated rings. The molecule has 1 aliphatic heterocycles. The fraction of sp³-hybridized carbons (Fsp3) is 0.857. The largest absolute Gasteiger partial charge is 0.352 e. The van der Waals surface area contributed by atoms with Crippen LogP contribution in [0.4, 0.5) is 0 Å². The summed E-state index contributed by atoms with van der Waals surface area (Å²) in [6, 6.07) is 0.145. The Morgan fingerprint density at radius 1 is 1.32 bits per heavy atom. The fourth-order valence-electron chi connectivity index (χ4n) is 2.51. The van der Waals surface area contributed by atoms with Crippen molar-refractivity contribution in [1.82, 2.24) is 16.0 Å². The molecule has 2 amide bonds. The zero-order chi connectivity index (χ0) is 13.8. The van der Waals surface area contributed by atoms with Gasteiger partial charge in [0.25, 0.3) is 0 Å². The van der Waals surface area contributed by atoms with Crippen LogP contribution in [0.2, 0.25) is 0 Å². The minimum absolute atomic E-state index is 0.0373. The van der Waals surface area contributed by atoms with Crippen LogP contribution < -0.4 is 16.0 Å². The first-order valence-electron chi connectivity index (χ1n) is 7.39. The van der Waals surface area contributed by atoms with E-state index in [9.17, 15) is 9.59 Å². The molecule has 1 saturated carbocycles. The van der Waals surface area contributed by atoms with Crippen LogP contribution in [0.15, 0.2) is 0 Å². The molecule has 2 aliphatic rings. The van der Waals surface area contributed by atoms with Crippen molar-refractivity contribution in [3.63, 3.8) is 0 Å². The lowest BCUT2D eigenvalue weighted by atomic mass is 9.90. The van der Waals surface area contributed by atoms with E-state index in [2.05, 4.69) is 22.9 Å². The fourth-order valence-corrected chi connectivity index (χ4v) is 2.51. The zero-order valence-electron chi connectivity index (χ0n) is 11.9. The van der Waals surface area contributed by atoms with Crippen LogP contribution in [0.1, 0.15) is 46.0 Å². The first-order valence-corrected chi connectivity index (χ1v) is 7.39. The number of rotatable bonds is 5. The third kappa shape index (κ3) is 4.49. The topological polar surface area (TPSA) is 70.2 Å². The number of nitrogens with one attached hydrogen (secondary N) is 3. The number of piperidine rings is 1. The first kappa shape index (κ1) is 14.3. The summed E-state index contributed by atoms with van der Waals surface area (Å²) in [6.07, 6.45) is 4.94. The van der Waals surface area contributed by atoms with Crippen LogP contribution >= 0.6 is 0 Å². The maximum absolute atomic E-state index is 11.9. The molecular weight excluding hydrogens is 242 g/mol. The molecule has 3 unspecified atom stereocenters. The van der Waals surface area contributed by atoms with Crippen molar-refractivity contribution >= 4 is 11.8 Å². The van der Waals surface area contributed by atoms with Crippen molar-refractivity contribution in [3.8, 4) is 0 Å². The number of hydrogen-bond acceptors (Lipinski definition) is 3. The lowest BCUT2D eigenvalue weighted by Gasteiger charge is -2.29. The highest BCUT2D eigenvalue weighted by atomic mass is 16.2. The molecule has 108 valence electrons. The van der Waals surface area contributed by atoms with Crippen LogP contribution in [0.5, 0.6) is 0 Å². The molecule has 0 radical (unpaired) electrons. The van der Waals surface area contributed by atoms with Crippen molar-refractivity contribution < 1.29 is 9.59 Å². The Labute approximate surface area is 114 Å². The van der Waals surface area contributed by atoms with Gasteiger partial charge in [-0.15, -0.1) is 0 Å². The highest BCUT2D eigenvalue weighted by molar-refractivity contribution is 5.87. The molecule has 3 atom stereocenters. The molecule has 1 saturated heterocycles. The summed E-state index contributed by atoms with van der Waals surface area (Å²) in [5, 5.41) is 9.07. The second-order valence-electron chi connectivity index (χ2n) is 5.96. The van der Waals surface area contributed by atoms with E-state index in [1.807, 2.05) is 0 Å². The molecule has 0 bridgehead atoms. The van der Waals surface area contributed by atoms with Gasteiger partial charge in [-0.05, 0) is 45.1 Å². The van der Waals surface area contributed by atoms with Gasteiger partial charge in [0, 0.05) is 18.5 Å². The van der Waals surface area contributed by atoms with Gasteiger partial charge in [0.1, 0.15) is 6.04 Å². The first-order chi connectivity index (χ1) is 9.06. The van der Waals surface area contributed by atoms with E-state index in [1.165, 1.54) is 12.8 Å². The third-order valence-electron chi connectivity index (χ3n) is 4.03. The molecule has 3 N–H and O–H groups in total.